The number of unbranched alkanes of at least 4 members (excludes halogenated alkanes) is 3. The van der Waals surface area contributed by atoms with Gasteiger partial charge < -0.3 is 15.0 Å². The van der Waals surface area contributed by atoms with Gasteiger partial charge in [-0.2, -0.15) is 0 Å². The minimum Gasteiger partial charge on any atom is -0.494 e. The van der Waals surface area contributed by atoms with E-state index in [4.69, 9.17) is 4.74 Å². The molecule has 0 aliphatic rings. The molecule has 0 unspecified atom stereocenters. The van der Waals surface area contributed by atoms with Crippen LogP contribution in [-0.2, 0) is 11.2 Å². The van der Waals surface area contributed by atoms with Crippen molar-refractivity contribution >= 4 is 17.5 Å². The normalized spacial score (nSPS) is 10.4. The Morgan fingerprint density at radius 2 is 1.61 bits per heavy atom. The highest BCUT2D eigenvalue weighted by molar-refractivity contribution is 6.04. The fourth-order valence-electron chi connectivity index (χ4n) is 2.66. The predicted octanol–water partition coefficient (Wildman–Crippen LogP) is 4.53. The van der Waals surface area contributed by atoms with Gasteiger partial charge in [-0.1, -0.05) is 38.3 Å². The van der Waals surface area contributed by atoms with Gasteiger partial charge in [-0.25, -0.2) is 0 Å². The maximum absolute atomic E-state index is 12.4. The number of hydrogen-bond donors (Lipinski definition) is 1. The molecule has 150 valence electrons. The van der Waals surface area contributed by atoms with Crippen LogP contribution in [0.2, 0.25) is 0 Å². The minimum absolute atomic E-state index is 0.0458. The molecule has 0 spiro atoms. The molecule has 0 aliphatic carbocycles. The van der Waals surface area contributed by atoms with Gasteiger partial charge in [0.2, 0.25) is 5.91 Å². The van der Waals surface area contributed by atoms with E-state index in [2.05, 4.69) is 12.2 Å². The van der Waals surface area contributed by atoms with Gasteiger partial charge in [-0.05, 0) is 48.4 Å². The Hall–Kier alpha value is -2.82. The molecule has 0 fully saturated rings. The molecular formula is C23H30N2O3. The molecule has 0 saturated carbocycles. The van der Waals surface area contributed by atoms with Crippen molar-refractivity contribution in [2.45, 2.75) is 39.0 Å². The molecule has 0 heterocycles. The summed E-state index contributed by atoms with van der Waals surface area (Å²) >= 11 is 0. The molecule has 28 heavy (non-hydrogen) atoms. The summed E-state index contributed by atoms with van der Waals surface area (Å²) in [5.74, 6) is 0.652. The van der Waals surface area contributed by atoms with Gasteiger partial charge in [0.25, 0.3) is 5.91 Å². The molecule has 0 atom stereocenters. The summed E-state index contributed by atoms with van der Waals surface area (Å²) in [5.41, 5.74) is 2.18. The first-order valence-electron chi connectivity index (χ1n) is 9.83. The number of nitrogens with zero attached hydrogens (tertiary/aromatic N) is 1. The van der Waals surface area contributed by atoms with Gasteiger partial charge in [0.15, 0.2) is 0 Å². The van der Waals surface area contributed by atoms with Gasteiger partial charge in [-0.3, -0.25) is 9.59 Å². The highest BCUT2D eigenvalue weighted by atomic mass is 16.5. The lowest BCUT2D eigenvalue weighted by molar-refractivity contribution is -0.127. The summed E-state index contributed by atoms with van der Waals surface area (Å²) < 4.78 is 5.70. The standard InChI is InChI=1S/C23H30N2O3/c1-4-5-6-7-16-28-21-14-10-19(11-15-21)23(27)24-20-12-8-18(9-13-20)17-22(26)25(2)3/h8-15H,4-7,16-17H2,1-3H3,(H,24,27). The molecule has 5 nitrogen and oxygen atoms in total. The number of anilines is 1. The molecular weight excluding hydrogens is 352 g/mol. The Balaban J connectivity index is 1.84. The van der Waals surface area contributed by atoms with Crippen LogP contribution in [0.4, 0.5) is 5.69 Å². The molecule has 2 amide bonds. The molecule has 0 radical (unpaired) electrons. The Bertz CT molecular complexity index is 752. The average molecular weight is 383 g/mol. The summed E-state index contributed by atoms with van der Waals surface area (Å²) in [5, 5.41) is 2.87. The van der Waals surface area contributed by atoms with Crippen LogP contribution in [0.25, 0.3) is 0 Å². The number of carbonyl (C=O) groups excluding carboxylic acids is 2. The fourth-order valence-corrected chi connectivity index (χ4v) is 2.66. The molecule has 2 aromatic rings. The summed E-state index contributed by atoms with van der Waals surface area (Å²) in [6.07, 6.45) is 5.02. The number of ether oxygens (including phenoxy) is 1. The monoisotopic (exact) mass is 382 g/mol. The number of nitrogens with one attached hydrogen (secondary N) is 1. The summed E-state index contributed by atoms with van der Waals surface area (Å²) in [7, 11) is 3.47. The van der Waals surface area contributed by atoms with Crippen LogP contribution in [-0.4, -0.2) is 37.4 Å². The van der Waals surface area contributed by atoms with Gasteiger partial charge in [0, 0.05) is 25.3 Å². The van der Waals surface area contributed by atoms with Crippen LogP contribution < -0.4 is 10.1 Å². The quantitative estimate of drug-likeness (QED) is 0.614. The Morgan fingerprint density at radius 1 is 0.929 bits per heavy atom. The summed E-state index contributed by atoms with van der Waals surface area (Å²) in [6, 6.07) is 14.5. The van der Waals surface area contributed by atoms with Gasteiger partial charge in [0.05, 0.1) is 13.0 Å². The smallest absolute Gasteiger partial charge is 0.255 e. The van der Waals surface area contributed by atoms with E-state index in [0.717, 1.165) is 17.7 Å². The SMILES string of the molecule is CCCCCCOc1ccc(C(=O)Nc2ccc(CC(=O)N(C)C)cc2)cc1. The van der Waals surface area contributed by atoms with Crippen molar-refractivity contribution in [2.75, 3.05) is 26.0 Å². The van der Waals surface area contributed by atoms with E-state index in [9.17, 15) is 9.59 Å². The second-order valence-electron chi connectivity index (χ2n) is 7.05. The van der Waals surface area contributed by atoms with Crippen LogP contribution >= 0.6 is 0 Å². The van der Waals surface area contributed by atoms with Gasteiger partial charge in [-0.15, -0.1) is 0 Å². The number of rotatable bonds is 10. The zero-order chi connectivity index (χ0) is 20.4. The van der Waals surface area contributed by atoms with E-state index in [-0.39, 0.29) is 11.8 Å². The van der Waals surface area contributed by atoms with E-state index in [0.29, 0.717) is 24.3 Å². The van der Waals surface area contributed by atoms with E-state index in [1.165, 1.54) is 19.3 Å². The van der Waals surface area contributed by atoms with E-state index < -0.39 is 0 Å². The Kier molecular flexibility index (Phi) is 8.53. The maximum atomic E-state index is 12.4. The van der Waals surface area contributed by atoms with E-state index >= 15 is 0 Å². The molecule has 2 aromatic carbocycles. The zero-order valence-corrected chi connectivity index (χ0v) is 17.0. The topological polar surface area (TPSA) is 58.6 Å². The number of likely N-dealkylation sites (N-methyl/N-ethyl adjacent to an activating group) is 1. The van der Waals surface area contributed by atoms with Crippen molar-refractivity contribution in [3.05, 3.63) is 59.7 Å². The van der Waals surface area contributed by atoms with Gasteiger partial charge >= 0.3 is 0 Å². The molecule has 0 aromatic heterocycles. The second-order valence-corrected chi connectivity index (χ2v) is 7.05. The van der Waals surface area contributed by atoms with Crippen molar-refractivity contribution in [1.29, 1.82) is 0 Å². The largest absolute Gasteiger partial charge is 0.494 e. The molecule has 0 saturated heterocycles. The summed E-state index contributed by atoms with van der Waals surface area (Å²) in [4.78, 5) is 25.7. The minimum atomic E-state index is -0.174. The lowest BCUT2D eigenvalue weighted by Gasteiger charge is -2.11. The predicted molar refractivity (Wildman–Crippen MR) is 113 cm³/mol. The first kappa shape index (κ1) is 21.5. The van der Waals surface area contributed by atoms with Crippen LogP contribution in [0.5, 0.6) is 5.75 Å². The highest BCUT2D eigenvalue weighted by Crippen LogP contribution is 2.16. The number of carbonyl (C=O) groups is 2. The molecule has 2 rings (SSSR count). The second kappa shape index (κ2) is 11.1. The highest BCUT2D eigenvalue weighted by Gasteiger charge is 2.08. The summed E-state index contributed by atoms with van der Waals surface area (Å²) in [6.45, 7) is 2.89. The van der Waals surface area contributed by atoms with Crippen molar-refractivity contribution < 1.29 is 14.3 Å². The third kappa shape index (κ3) is 7.06. The Morgan fingerprint density at radius 3 is 2.21 bits per heavy atom. The molecule has 0 aliphatic heterocycles. The van der Waals surface area contributed by atoms with E-state index in [1.54, 1.807) is 31.1 Å². The van der Waals surface area contributed by atoms with Gasteiger partial charge in [0.1, 0.15) is 5.75 Å². The number of hydrogen-bond acceptors (Lipinski definition) is 3. The fraction of sp³-hybridized carbons (Fsp3) is 0.391. The first-order valence-corrected chi connectivity index (χ1v) is 9.83. The maximum Gasteiger partial charge on any atom is 0.255 e. The van der Waals surface area contributed by atoms with Crippen LogP contribution in [0, 0.1) is 0 Å². The average Bonchev–Trinajstić information content (AvgIpc) is 2.69. The molecule has 0 bridgehead atoms. The third-order valence-corrected chi connectivity index (χ3v) is 4.45. The first-order chi connectivity index (χ1) is 13.5. The van der Waals surface area contributed by atoms with Crippen molar-refractivity contribution in [3.8, 4) is 5.75 Å². The zero-order valence-electron chi connectivity index (χ0n) is 17.0. The van der Waals surface area contributed by atoms with Crippen LogP contribution in [0.1, 0.15) is 48.5 Å². The van der Waals surface area contributed by atoms with Crippen molar-refractivity contribution in [3.63, 3.8) is 0 Å². The van der Waals surface area contributed by atoms with Crippen LogP contribution in [0.15, 0.2) is 48.5 Å². The number of benzene rings is 2. The lowest BCUT2D eigenvalue weighted by atomic mass is 10.1. The Labute approximate surface area is 167 Å². The van der Waals surface area contributed by atoms with Crippen molar-refractivity contribution in [1.82, 2.24) is 4.90 Å². The lowest BCUT2D eigenvalue weighted by Crippen LogP contribution is -2.23. The van der Waals surface area contributed by atoms with Crippen molar-refractivity contribution in [2.24, 2.45) is 0 Å². The molecule has 1 N–H and O–H groups in total. The third-order valence-electron chi connectivity index (χ3n) is 4.45. The number of amides is 2. The van der Waals surface area contributed by atoms with E-state index in [1.807, 2.05) is 36.4 Å². The molecule has 5 heteroatoms. The van der Waals surface area contributed by atoms with Crippen LogP contribution in [0.3, 0.4) is 0 Å².